The van der Waals surface area contributed by atoms with E-state index < -0.39 is 0 Å². The van der Waals surface area contributed by atoms with E-state index in [0.29, 0.717) is 34.0 Å². The number of benzene rings is 2. The highest BCUT2D eigenvalue weighted by molar-refractivity contribution is 5.59. The van der Waals surface area contributed by atoms with Gasteiger partial charge in [0.25, 0.3) is 5.56 Å². The molecule has 6 heteroatoms. The third-order valence-electron chi connectivity index (χ3n) is 3.92. The van der Waals surface area contributed by atoms with Crippen LogP contribution in [-0.2, 0) is 6.42 Å². The summed E-state index contributed by atoms with van der Waals surface area (Å²) in [7, 11) is 1.57. The van der Waals surface area contributed by atoms with Crippen molar-refractivity contribution in [3.8, 4) is 28.8 Å². The van der Waals surface area contributed by atoms with E-state index >= 15 is 0 Å². The van der Waals surface area contributed by atoms with Gasteiger partial charge in [0.2, 0.25) is 5.88 Å². The minimum absolute atomic E-state index is 0.246. The SMILES string of the molecule is COc1cccc(-c2nc3c(c(=O)[nH]2)Cc2cc(F)ccc2O3)c1. The van der Waals surface area contributed by atoms with Crippen LogP contribution in [0.2, 0.25) is 0 Å². The first-order valence-corrected chi connectivity index (χ1v) is 7.38. The number of fused-ring (bicyclic) bond motifs is 2. The van der Waals surface area contributed by atoms with E-state index in [-0.39, 0.29) is 23.7 Å². The number of ether oxygens (including phenoxy) is 2. The highest BCUT2D eigenvalue weighted by Crippen LogP contribution is 2.34. The second-order valence-corrected chi connectivity index (χ2v) is 5.46. The molecule has 3 aromatic rings. The lowest BCUT2D eigenvalue weighted by Gasteiger charge is -2.19. The summed E-state index contributed by atoms with van der Waals surface area (Å²) in [5.41, 5.74) is 1.43. The van der Waals surface area contributed by atoms with Gasteiger partial charge in [-0.25, -0.2) is 4.39 Å². The molecule has 0 radical (unpaired) electrons. The summed E-state index contributed by atoms with van der Waals surface area (Å²) >= 11 is 0. The van der Waals surface area contributed by atoms with Crippen LogP contribution < -0.4 is 15.0 Å². The number of methoxy groups -OCH3 is 1. The molecule has 4 rings (SSSR count). The zero-order valence-corrected chi connectivity index (χ0v) is 12.8. The van der Waals surface area contributed by atoms with Gasteiger partial charge in [-0.15, -0.1) is 0 Å². The van der Waals surface area contributed by atoms with Crippen molar-refractivity contribution < 1.29 is 13.9 Å². The van der Waals surface area contributed by atoms with Crippen LogP contribution in [0.3, 0.4) is 0 Å². The fourth-order valence-corrected chi connectivity index (χ4v) is 2.70. The number of aromatic amines is 1. The van der Waals surface area contributed by atoms with Crippen LogP contribution in [0.5, 0.6) is 17.4 Å². The van der Waals surface area contributed by atoms with Crippen molar-refractivity contribution in [1.29, 1.82) is 0 Å². The van der Waals surface area contributed by atoms with E-state index in [1.165, 1.54) is 12.1 Å². The van der Waals surface area contributed by atoms with Gasteiger partial charge < -0.3 is 14.5 Å². The van der Waals surface area contributed by atoms with Gasteiger partial charge in [0.1, 0.15) is 23.1 Å². The lowest BCUT2D eigenvalue weighted by atomic mass is 10.0. The van der Waals surface area contributed by atoms with Crippen LogP contribution in [0.15, 0.2) is 47.3 Å². The lowest BCUT2D eigenvalue weighted by Crippen LogP contribution is -2.20. The standard InChI is InChI=1S/C18H13FN2O3/c1-23-13-4-2-3-10(8-13)16-20-17(22)14-9-11-7-12(19)5-6-15(11)24-18(14)21-16/h2-8H,9H2,1H3,(H,20,21,22). The van der Waals surface area contributed by atoms with Crippen molar-refractivity contribution in [2.75, 3.05) is 7.11 Å². The monoisotopic (exact) mass is 324 g/mol. The normalized spacial score (nSPS) is 12.1. The molecule has 0 fully saturated rings. The molecule has 2 heterocycles. The van der Waals surface area contributed by atoms with E-state index in [9.17, 15) is 9.18 Å². The van der Waals surface area contributed by atoms with Gasteiger partial charge >= 0.3 is 0 Å². The molecule has 0 amide bonds. The van der Waals surface area contributed by atoms with E-state index in [1.54, 1.807) is 25.3 Å². The van der Waals surface area contributed by atoms with Crippen LogP contribution in [0.1, 0.15) is 11.1 Å². The van der Waals surface area contributed by atoms with E-state index in [0.717, 1.165) is 0 Å². The largest absolute Gasteiger partial charge is 0.497 e. The van der Waals surface area contributed by atoms with Crippen molar-refractivity contribution in [2.24, 2.45) is 0 Å². The molecule has 120 valence electrons. The molecule has 0 spiro atoms. The Balaban J connectivity index is 1.80. The minimum atomic E-state index is -0.363. The average Bonchev–Trinajstić information content (AvgIpc) is 2.60. The molecule has 24 heavy (non-hydrogen) atoms. The Kier molecular flexibility index (Phi) is 3.30. The summed E-state index contributed by atoms with van der Waals surface area (Å²) in [4.78, 5) is 19.6. The third-order valence-corrected chi connectivity index (χ3v) is 3.92. The van der Waals surface area contributed by atoms with Crippen molar-refractivity contribution in [2.45, 2.75) is 6.42 Å². The third kappa shape index (κ3) is 2.42. The Morgan fingerprint density at radius 1 is 1.25 bits per heavy atom. The molecule has 1 aliphatic rings. The number of hydrogen-bond acceptors (Lipinski definition) is 4. The molecule has 0 atom stereocenters. The number of hydrogen-bond donors (Lipinski definition) is 1. The van der Waals surface area contributed by atoms with Crippen molar-refractivity contribution in [3.05, 3.63) is 69.8 Å². The van der Waals surface area contributed by atoms with E-state index in [1.807, 2.05) is 12.1 Å². The molecule has 5 nitrogen and oxygen atoms in total. The molecule has 0 bridgehead atoms. The number of halogens is 1. The maximum absolute atomic E-state index is 13.4. The Morgan fingerprint density at radius 2 is 2.12 bits per heavy atom. The predicted octanol–water partition coefficient (Wildman–Crippen LogP) is 3.28. The smallest absolute Gasteiger partial charge is 0.258 e. The van der Waals surface area contributed by atoms with Gasteiger partial charge in [-0.3, -0.25) is 4.79 Å². The number of aromatic nitrogens is 2. The van der Waals surface area contributed by atoms with E-state index in [4.69, 9.17) is 9.47 Å². The number of nitrogens with one attached hydrogen (secondary N) is 1. The predicted molar refractivity (Wildman–Crippen MR) is 86.1 cm³/mol. The highest BCUT2D eigenvalue weighted by Gasteiger charge is 2.23. The Labute approximate surface area is 136 Å². The van der Waals surface area contributed by atoms with Crippen LogP contribution in [0.4, 0.5) is 4.39 Å². The lowest BCUT2D eigenvalue weighted by molar-refractivity contribution is 0.415. The molecule has 1 aliphatic heterocycles. The number of H-pyrrole nitrogens is 1. The summed E-state index contributed by atoms with van der Waals surface area (Å²) < 4.78 is 24.3. The first-order valence-electron chi connectivity index (χ1n) is 7.38. The average molecular weight is 324 g/mol. The Bertz CT molecular complexity index is 998. The second-order valence-electron chi connectivity index (χ2n) is 5.46. The summed E-state index contributed by atoms with van der Waals surface area (Å²) in [5, 5.41) is 0. The number of rotatable bonds is 2. The van der Waals surface area contributed by atoms with Crippen LogP contribution in [0, 0.1) is 5.82 Å². The van der Waals surface area contributed by atoms with Gasteiger partial charge in [-0.2, -0.15) is 4.98 Å². The summed E-state index contributed by atoms with van der Waals surface area (Å²) in [6, 6.07) is 11.4. The molecule has 1 aromatic heterocycles. The second kappa shape index (κ2) is 5.49. The quantitative estimate of drug-likeness (QED) is 0.614. The van der Waals surface area contributed by atoms with Crippen molar-refractivity contribution in [1.82, 2.24) is 9.97 Å². The molecular weight excluding hydrogens is 311 g/mol. The summed E-state index contributed by atoms with van der Waals surface area (Å²) in [6.45, 7) is 0. The molecule has 0 saturated heterocycles. The zero-order valence-electron chi connectivity index (χ0n) is 12.8. The van der Waals surface area contributed by atoms with E-state index in [2.05, 4.69) is 9.97 Å². The first kappa shape index (κ1) is 14.4. The summed E-state index contributed by atoms with van der Waals surface area (Å²) in [6.07, 6.45) is 0.281. The maximum atomic E-state index is 13.4. The van der Waals surface area contributed by atoms with Gasteiger partial charge in [0.05, 0.1) is 12.7 Å². The van der Waals surface area contributed by atoms with Gasteiger partial charge in [-0.1, -0.05) is 12.1 Å². The maximum Gasteiger partial charge on any atom is 0.258 e. The molecule has 0 aliphatic carbocycles. The Morgan fingerprint density at radius 3 is 2.96 bits per heavy atom. The summed E-state index contributed by atoms with van der Waals surface area (Å²) in [5.74, 6) is 1.45. The molecule has 0 saturated carbocycles. The fraction of sp³-hybridized carbons (Fsp3) is 0.111. The number of nitrogens with zero attached hydrogens (tertiary/aromatic N) is 1. The topological polar surface area (TPSA) is 64.2 Å². The minimum Gasteiger partial charge on any atom is -0.497 e. The zero-order chi connectivity index (χ0) is 16.7. The van der Waals surface area contributed by atoms with Crippen LogP contribution in [-0.4, -0.2) is 17.1 Å². The van der Waals surface area contributed by atoms with Crippen LogP contribution >= 0.6 is 0 Å². The van der Waals surface area contributed by atoms with Gasteiger partial charge in [0, 0.05) is 17.5 Å². The van der Waals surface area contributed by atoms with Crippen molar-refractivity contribution >= 4 is 0 Å². The van der Waals surface area contributed by atoms with Gasteiger partial charge in [-0.05, 0) is 30.3 Å². The highest BCUT2D eigenvalue weighted by atomic mass is 19.1. The molecule has 1 N–H and O–H groups in total. The Hall–Kier alpha value is -3.15. The van der Waals surface area contributed by atoms with Gasteiger partial charge in [0.15, 0.2) is 0 Å². The van der Waals surface area contributed by atoms with Crippen LogP contribution in [0.25, 0.3) is 11.4 Å². The van der Waals surface area contributed by atoms with Crippen molar-refractivity contribution in [3.63, 3.8) is 0 Å². The fourth-order valence-electron chi connectivity index (χ4n) is 2.70. The first-order chi connectivity index (χ1) is 11.6. The molecule has 2 aromatic carbocycles. The molecular formula is C18H13FN2O3. The molecule has 0 unspecified atom stereocenters.